The molecule has 7 heteroatoms. The van der Waals surface area contributed by atoms with E-state index in [1.165, 1.54) is 0 Å². The molecule has 6 nitrogen and oxygen atoms in total. The molecule has 0 radical (unpaired) electrons. The van der Waals surface area contributed by atoms with Crippen LogP contribution in [0.2, 0.25) is 0 Å². The summed E-state index contributed by atoms with van der Waals surface area (Å²) in [5, 5.41) is 4.33. The number of sulfonamides is 1. The van der Waals surface area contributed by atoms with E-state index in [9.17, 15) is 8.42 Å². The molecule has 2 rings (SSSR count). The van der Waals surface area contributed by atoms with Crippen molar-refractivity contribution >= 4 is 10.0 Å². The van der Waals surface area contributed by atoms with Gasteiger partial charge in [0.25, 0.3) is 0 Å². The minimum absolute atomic E-state index is 0.287. The molecule has 1 N–H and O–H groups in total. The van der Waals surface area contributed by atoms with Gasteiger partial charge in [-0.2, -0.15) is 5.10 Å². The Bertz CT molecular complexity index is 787. The molecule has 0 fully saturated rings. The van der Waals surface area contributed by atoms with Gasteiger partial charge in [-0.05, 0) is 57.0 Å². The van der Waals surface area contributed by atoms with Crippen LogP contribution in [0, 0.1) is 27.7 Å². The second-order valence-corrected chi connectivity index (χ2v) is 7.34. The Morgan fingerprint density at radius 1 is 1.13 bits per heavy atom. The third kappa shape index (κ3) is 3.92. The molecule has 23 heavy (non-hydrogen) atoms. The first kappa shape index (κ1) is 17.5. The lowest BCUT2D eigenvalue weighted by Crippen LogP contribution is -2.29. The highest BCUT2D eigenvalue weighted by molar-refractivity contribution is 7.89. The number of aryl methyl sites for hydroxylation is 4. The zero-order valence-electron chi connectivity index (χ0n) is 14.2. The Kier molecular flexibility index (Phi) is 5.11. The van der Waals surface area contributed by atoms with Gasteiger partial charge < -0.3 is 4.74 Å². The van der Waals surface area contributed by atoms with Gasteiger partial charge in [0.05, 0.1) is 24.2 Å². The van der Waals surface area contributed by atoms with Crippen LogP contribution in [0.5, 0.6) is 5.75 Å². The van der Waals surface area contributed by atoms with Gasteiger partial charge in [-0.3, -0.25) is 4.68 Å². The van der Waals surface area contributed by atoms with E-state index in [2.05, 4.69) is 9.82 Å². The summed E-state index contributed by atoms with van der Waals surface area (Å²) < 4.78 is 34.8. The lowest BCUT2D eigenvalue weighted by atomic mass is 10.1. The number of nitrogens with zero attached hydrogens (tertiary/aromatic N) is 2. The largest absolute Gasteiger partial charge is 0.497 e. The zero-order chi connectivity index (χ0) is 17.2. The summed E-state index contributed by atoms with van der Waals surface area (Å²) in [7, 11) is -2.00. The standard InChI is InChI=1S/C16H23N3O3S/c1-11-8-15(22-5)9-12(2)16(11)23(20,21)17-6-7-19-14(4)10-13(3)18-19/h8-10,17H,6-7H2,1-5H3. The van der Waals surface area contributed by atoms with Gasteiger partial charge in [0.1, 0.15) is 5.75 Å². The van der Waals surface area contributed by atoms with Gasteiger partial charge in [0.15, 0.2) is 0 Å². The minimum Gasteiger partial charge on any atom is -0.497 e. The predicted molar refractivity (Wildman–Crippen MR) is 89.4 cm³/mol. The number of rotatable bonds is 6. The van der Waals surface area contributed by atoms with Crippen molar-refractivity contribution in [2.75, 3.05) is 13.7 Å². The summed E-state index contributed by atoms with van der Waals surface area (Å²) in [5.41, 5.74) is 3.27. The number of hydrogen-bond donors (Lipinski definition) is 1. The summed E-state index contributed by atoms with van der Waals surface area (Å²) in [6, 6.07) is 5.41. The maximum Gasteiger partial charge on any atom is 0.241 e. The van der Waals surface area contributed by atoms with Gasteiger partial charge in [-0.1, -0.05) is 0 Å². The number of aromatic nitrogens is 2. The zero-order valence-corrected chi connectivity index (χ0v) is 15.0. The molecule has 0 aliphatic rings. The molecule has 0 unspecified atom stereocenters. The van der Waals surface area contributed by atoms with Gasteiger partial charge in [0, 0.05) is 12.2 Å². The smallest absolute Gasteiger partial charge is 0.241 e. The molecule has 0 amide bonds. The molecule has 0 atom stereocenters. The first-order valence-electron chi connectivity index (χ1n) is 7.40. The summed E-state index contributed by atoms with van der Waals surface area (Å²) in [6.45, 7) is 8.18. The first-order valence-corrected chi connectivity index (χ1v) is 8.89. The van der Waals surface area contributed by atoms with E-state index in [1.807, 2.05) is 19.9 Å². The molecular weight excluding hydrogens is 314 g/mol. The Hall–Kier alpha value is -1.86. The maximum atomic E-state index is 12.6. The van der Waals surface area contributed by atoms with Gasteiger partial charge in [-0.25, -0.2) is 13.1 Å². The Balaban J connectivity index is 2.15. The van der Waals surface area contributed by atoms with Crippen molar-refractivity contribution in [2.45, 2.75) is 39.1 Å². The van der Waals surface area contributed by atoms with Crippen LogP contribution in [0.15, 0.2) is 23.1 Å². The molecule has 0 spiro atoms. The van der Waals surface area contributed by atoms with Crippen molar-refractivity contribution in [1.82, 2.24) is 14.5 Å². The molecule has 1 aromatic heterocycles. The van der Waals surface area contributed by atoms with Gasteiger partial charge in [-0.15, -0.1) is 0 Å². The number of ether oxygens (including phenoxy) is 1. The number of nitrogens with one attached hydrogen (secondary N) is 1. The van der Waals surface area contributed by atoms with Crippen LogP contribution in [-0.2, 0) is 16.6 Å². The van der Waals surface area contributed by atoms with Crippen molar-refractivity contribution in [3.8, 4) is 5.75 Å². The monoisotopic (exact) mass is 337 g/mol. The van der Waals surface area contributed by atoms with Crippen molar-refractivity contribution in [3.05, 3.63) is 40.7 Å². The molecule has 0 aliphatic heterocycles. The summed E-state index contributed by atoms with van der Waals surface area (Å²) in [5.74, 6) is 0.654. The number of methoxy groups -OCH3 is 1. The molecule has 1 heterocycles. The Morgan fingerprint density at radius 2 is 1.74 bits per heavy atom. The fraction of sp³-hybridized carbons (Fsp3) is 0.438. The number of hydrogen-bond acceptors (Lipinski definition) is 4. The van der Waals surface area contributed by atoms with E-state index >= 15 is 0 Å². The third-order valence-electron chi connectivity index (χ3n) is 3.66. The van der Waals surface area contributed by atoms with Crippen LogP contribution in [0.4, 0.5) is 0 Å². The van der Waals surface area contributed by atoms with Crippen LogP contribution in [0.3, 0.4) is 0 Å². The van der Waals surface area contributed by atoms with Gasteiger partial charge in [0.2, 0.25) is 10.0 Å². The van der Waals surface area contributed by atoms with Crippen LogP contribution in [0.25, 0.3) is 0 Å². The molecule has 0 aliphatic carbocycles. The Morgan fingerprint density at radius 3 is 2.22 bits per heavy atom. The third-order valence-corrected chi connectivity index (χ3v) is 5.42. The predicted octanol–water partition coefficient (Wildman–Crippen LogP) is 2.10. The van der Waals surface area contributed by atoms with Crippen LogP contribution in [0.1, 0.15) is 22.5 Å². The average Bonchev–Trinajstić information content (AvgIpc) is 2.75. The normalized spacial score (nSPS) is 11.7. The van der Waals surface area contributed by atoms with E-state index in [1.54, 1.807) is 37.8 Å². The van der Waals surface area contributed by atoms with E-state index < -0.39 is 10.0 Å². The van der Waals surface area contributed by atoms with Crippen molar-refractivity contribution in [2.24, 2.45) is 0 Å². The minimum atomic E-state index is -3.57. The highest BCUT2D eigenvalue weighted by Crippen LogP contribution is 2.25. The number of benzene rings is 1. The van der Waals surface area contributed by atoms with Crippen LogP contribution >= 0.6 is 0 Å². The Labute approximate surface area is 137 Å². The first-order chi connectivity index (χ1) is 10.7. The fourth-order valence-corrected chi connectivity index (χ4v) is 4.18. The SMILES string of the molecule is COc1cc(C)c(S(=O)(=O)NCCn2nc(C)cc2C)c(C)c1. The van der Waals surface area contributed by atoms with Crippen molar-refractivity contribution in [3.63, 3.8) is 0 Å². The van der Waals surface area contributed by atoms with E-state index in [-0.39, 0.29) is 6.54 Å². The fourth-order valence-electron chi connectivity index (χ4n) is 2.71. The second-order valence-electron chi connectivity index (χ2n) is 5.64. The topological polar surface area (TPSA) is 73.2 Å². The molecular formula is C16H23N3O3S. The molecule has 0 saturated carbocycles. The molecule has 0 saturated heterocycles. The van der Waals surface area contributed by atoms with Crippen LogP contribution < -0.4 is 9.46 Å². The maximum absolute atomic E-state index is 12.6. The highest BCUT2D eigenvalue weighted by atomic mass is 32.2. The van der Waals surface area contributed by atoms with Crippen molar-refractivity contribution < 1.29 is 13.2 Å². The second kappa shape index (κ2) is 6.72. The molecule has 1 aromatic carbocycles. The summed E-state index contributed by atoms with van der Waals surface area (Å²) in [4.78, 5) is 0.312. The summed E-state index contributed by atoms with van der Waals surface area (Å²) in [6.07, 6.45) is 0. The van der Waals surface area contributed by atoms with E-state index in [0.29, 0.717) is 28.3 Å². The molecule has 126 valence electrons. The molecule has 0 bridgehead atoms. The molecule has 2 aromatic rings. The van der Waals surface area contributed by atoms with Crippen molar-refractivity contribution in [1.29, 1.82) is 0 Å². The quantitative estimate of drug-likeness (QED) is 0.876. The lowest BCUT2D eigenvalue weighted by molar-refractivity contribution is 0.413. The van der Waals surface area contributed by atoms with Crippen LogP contribution in [-0.4, -0.2) is 31.9 Å². The van der Waals surface area contributed by atoms with E-state index in [0.717, 1.165) is 11.4 Å². The summed E-state index contributed by atoms with van der Waals surface area (Å²) >= 11 is 0. The van der Waals surface area contributed by atoms with E-state index in [4.69, 9.17) is 4.74 Å². The lowest BCUT2D eigenvalue weighted by Gasteiger charge is -2.14. The highest BCUT2D eigenvalue weighted by Gasteiger charge is 2.20. The van der Waals surface area contributed by atoms with Gasteiger partial charge >= 0.3 is 0 Å². The average molecular weight is 337 g/mol.